The molecule has 28 heavy (non-hydrogen) atoms. The molecule has 1 aromatic heterocycles. The highest BCUT2D eigenvalue weighted by Gasteiger charge is 2.30. The van der Waals surface area contributed by atoms with Gasteiger partial charge in [0.05, 0.1) is 5.56 Å². The van der Waals surface area contributed by atoms with Crippen molar-refractivity contribution in [1.29, 1.82) is 0 Å². The van der Waals surface area contributed by atoms with E-state index in [1.165, 1.54) is 4.88 Å². The standard InChI is InChI=1S/C23H30N2O2S/c1-13-10-11-16-17(12-13)28-21(25-22(27)23(4,5)6)18(16)20(26)24-19-14(2)8-7-9-15(19)3/h7-9,13H,10-12H2,1-6H3,(H,24,26)(H,25,27)/t13-/m1/s1. The van der Waals surface area contributed by atoms with Crippen molar-refractivity contribution >= 4 is 33.8 Å². The number of benzene rings is 1. The van der Waals surface area contributed by atoms with Crippen molar-refractivity contribution in [2.24, 2.45) is 11.3 Å². The summed E-state index contributed by atoms with van der Waals surface area (Å²) in [6, 6.07) is 5.98. The molecule has 2 N–H and O–H groups in total. The summed E-state index contributed by atoms with van der Waals surface area (Å²) >= 11 is 1.56. The summed E-state index contributed by atoms with van der Waals surface area (Å²) in [4.78, 5) is 27.2. The van der Waals surface area contributed by atoms with Crippen LogP contribution in [0.15, 0.2) is 18.2 Å². The fourth-order valence-corrected chi connectivity index (χ4v) is 4.96. The number of hydrogen-bond donors (Lipinski definition) is 2. The normalized spacial score (nSPS) is 16.4. The van der Waals surface area contributed by atoms with Gasteiger partial charge in [-0.25, -0.2) is 0 Å². The average Bonchev–Trinajstić information content (AvgIpc) is 2.94. The fraction of sp³-hybridized carbons (Fsp3) is 0.478. The van der Waals surface area contributed by atoms with E-state index < -0.39 is 5.41 Å². The van der Waals surface area contributed by atoms with Crippen LogP contribution in [0.1, 0.15) is 66.0 Å². The van der Waals surface area contributed by atoms with Gasteiger partial charge in [0.2, 0.25) is 5.91 Å². The molecule has 2 aromatic rings. The van der Waals surface area contributed by atoms with E-state index in [9.17, 15) is 9.59 Å². The zero-order chi connectivity index (χ0) is 20.6. The lowest BCUT2D eigenvalue weighted by atomic mass is 9.88. The third-order valence-corrected chi connectivity index (χ3v) is 6.54. The first-order chi connectivity index (χ1) is 13.1. The summed E-state index contributed by atoms with van der Waals surface area (Å²) in [6.45, 7) is 11.9. The summed E-state index contributed by atoms with van der Waals surface area (Å²) in [5.41, 5.74) is 4.16. The molecule has 0 fully saturated rings. The number of hydrogen-bond acceptors (Lipinski definition) is 3. The van der Waals surface area contributed by atoms with Gasteiger partial charge in [0.15, 0.2) is 0 Å². The molecule has 3 rings (SSSR count). The van der Waals surface area contributed by atoms with E-state index in [0.29, 0.717) is 16.5 Å². The lowest BCUT2D eigenvalue weighted by Crippen LogP contribution is -2.28. The van der Waals surface area contributed by atoms with Gasteiger partial charge in [0, 0.05) is 16.0 Å². The minimum Gasteiger partial charge on any atom is -0.321 e. The van der Waals surface area contributed by atoms with Crippen LogP contribution < -0.4 is 10.6 Å². The van der Waals surface area contributed by atoms with Gasteiger partial charge in [0.1, 0.15) is 5.00 Å². The fourth-order valence-electron chi connectivity index (χ4n) is 3.56. The zero-order valence-corrected chi connectivity index (χ0v) is 18.5. The highest BCUT2D eigenvalue weighted by atomic mass is 32.1. The molecule has 0 aliphatic heterocycles. The van der Waals surface area contributed by atoms with Crippen LogP contribution in [0.3, 0.4) is 0 Å². The number of anilines is 2. The number of amides is 2. The van der Waals surface area contributed by atoms with Gasteiger partial charge < -0.3 is 10.6 Å². The Labute approximate surface area is 171 Å². The van der Waals surface area contributed by atoms with Crippen molar-refractivity contribution in [3.05, 3.63) is 45.3 Å². The molecular formula is C23H30N2O2S. The quantitative estimate of drug-likeness (QED) is 0.694. The summed E-state index contributed by atoms with van der Waals surface area (Å²) in [5.74, 6) is 0.403. The number of carbonyl (C=O) groups excluding carboxylic acids is 2. The van der Waals surface area contributed by atoms with E-state index in [4.69, 9.17) is 0 Å². The molecule has 1 heterocycles. The highest BCUT2D eigenvalue weighted by molar-refractivity contribution is 7.17. The van der Waals surface area contributed by atoms with Gasteiger partial charge in [-0.15, -0.1) is 11.3 Å². The van der Waals surface area contributed by atoms with E-state index in [2.05, 4.69) is 17.6 Å². The van der Waals surface area contributed by atoms with Crippen LogP contribution in [0, 0.1) is 25.2 Å². The van der Waals surface area contributed by atoms with Crippen LogP contribution in [0.25, 0.3) is 0 Å². The number of para-hydroxylation sites is 1. The van der Waals surface area contributed by atoms with Crippen LogP contribution in [0.4, 0.5) is 10.7 Å². The second-order valence-electron chi connectivity index (χ2n) is 8.98. The van der Waals surface area contributed by atoms with Gasteiger partial charge in [-0.2, -0.15) is 0 Å². The van der Waals surface area contributed by atoms with Crippen molar-refractivity contribution in [2.75, 3.05) is 10.6 Å². The number of nitrogens with one attached hydrogen (secondary N) is 2. The molecule has 1 atom stereocenters. The number of thiophene rings is 1. The lowest BCUT2D eigenvalue weighted by molar-refractivity contribution is -0.123. The van der Waals surface area contributed by atoms with E-state index in [-0.39, 0.29) is 11.8 Å². The van der Waals surface area contributed by atoms with Gasteiger partial charge in [-0.05, 0) is 55.7 Å². The maximum Gasteiger partial charge on any atom is 0.258 e. The van der Waals surface area contributed by atoms with Gasteiger partial charge >= 0.3 is 0 Å². The minimum atomic E-state index is -0.516. The van der Waals surface area contributed by atoms with E-state index in [1.54, 1.807) is 11.3 Å². The molecule has 2 amide bonds. The molecule has 0 saturated heterocycles. The Hall–Kier alpha value is -2.14. The molecular weight excluding hydrogens is 368 g/mol. The first kappa shape index (κ1) is 20.6. The maximum atomic E-state index is 13.3. The van der Waals surface area contributed by atoms with E-state index in [0.717, 1.165) is 41.6 Å². The molecule has 4 nitrogen and oxygen atoms in total. The molecule has 5 heteroatoms. The second kappa shape index (κ2) is 7.70. The minimum absolute atomic E-state index is 0.0692. The van der Waals surface area contributed by atoms with Gasteiger partial charge in [-0.3, -0.25) is 9.59 Å². The van der Waals surface area contributed by atoms with Crippen LogP contribution in [0.5, 0.6) is 0 Å². The van der Waals surface area contributed by atoms with Crippen LogP contribution in [0.2, 0.25) is 0 Å². The molecule has 0 unspecified atom stereocenters. The number of fused-ring (bicyclic) bond motifs is 1. The molecule has 1 aromatic carbocycles. The molecule has 0 bridgehead atoms. The van der Waals surface area contributed by atoms with Crippen molar-refractivity contribution in [1.82, 2.24) is 0 Å². The Morgan fingerprint density at radius 1 is 1.11 bits per heavy atom. The third kappa shape index (κ3) is 4.14. The largest absolute Gasteiger partial charge is 0.321 e. The lowest BCUT2D eigenvalue weighted by Gasteiger charge is -2.20. The van der Waals surface area contributed by atoms with Gasteiger partial charge in [0.25, 0.3) is 5.91 Å². The Bertz CT molecular complexity index is 901. The summed E-state index contributed by atoms with van der Waals surface area (Å²) < 4.78 is 0. The third-order valence-electron chi connectivity index (χ3n) is 5.37. The van der Waals surface area contributed by atoms with Crippen molar-refractivity contribution in [3.8, 4) is 0 Å². The average molecular weight is 399 g/mol. The summed E-state index contributed by atoms with van der Waals surface area (Å²) in [6.07, 6.45) is 2.92. The SMILES string of the molecule is Cc1cccc(C)c1NC(=O)c1c(NC(=O)C(C)(C)C)sc2c1CC[C@@H](C)C2. The topological polar surface area (TPSA) is 58.2 Å². The zero-order valence-electron chi connectivity index (χ0n) is 17.7. The predicted molar refractivity (Wildman–Crippen MR) is 117 cm³/mol. The first-order valence-corrected chi connectivity index (χ1v) is 10.7. The van der Waals surface area contributed by atoms with Gasteiger partial charge in [-0.1, -0.05) is 45.9 Å². The summed E-state index contributed by atoms with van der Waals surface area (Å²) in [5, 5.41) is 6.83. The molecule has 0 spiro atoms. The Balaban J connectivity index is 2.00. The van der Waals surface area contributed by atoms with Crippen molar-refractivity contribution < 1.29 is 9.59 Å². The Morgan fingerprint density at radius 3 is 2.36 bits per heavy atom. The van der Waals surface area contributed by atoms with E-state index in [1.807, 2.05) is 52.8 Å². The maximum absolute atomic E-state index is 13.3. The van der Waals surface area contributed by atoms with Crippen molar-refractivity contribution in [2.45, 2.75) is 60.8 Å². The van der Waals surface area contributed by atoms with Crippen molar-refractivity contribution in [3.63, 3.8) is 0 Å². The molecule has 150 valence electrons. The molecule has 0 radical (unpaired) electrons. The molecule has 1 aliphatic rings. The number of aryl methyl sites for hydroxylation is 2. The monoisotopic (exact) mass is 398 g/mol. The predicted octanol–water partition coefficient (Wildman–Crippen LogP) is 5.73. The Kier molecular flexibility index (Phi) is 5.67. The Morgan fingerprint density at radius 2 is 1.75 bits per heavy atom. The highest BCUT2D eigenvalue weighted by Crippen LogP contribution is 2.40. The number of rotatable bonds is 3. The van der Waals surface area contributed by atoms with E-state index >= 15 is 0 Å². The molecule has 0 saturated carbocycles. The smallest absolute Gasteiger partial charge is 0.258 e. The van der Waals surface area contributed by atoms with Crippen LogP contribution in [-0.4, -0.2) is 11.8 Å². The number of carbonyl (C=O) groups is 2. The van der Waals surface area contributed by atoms with Crippen LogP contribution >= 0.6 is 11.3 Å². The second-order valence-corrected chi connectivity index (χ2v) is 10.1. The summed E-state index contributed by atoms with van der Waals surface area (Å²) in [7, 11) is 0. The first-order valence-electron chi connectivity index (χ1n) is 9.91. The van der Waals surface area contributed by atoms with Crippen LogP contribution in [-0.2, 0) is 17.6 Å². The molecule has 1 aliphatic carbocycles.